The number of hydrogen-bond acceptors (Lipinski definition) is 5. The zero-order valence-corrected chi connectivity index (χ0v) is 14.8. The Bertz CT molecular complexity index is 794. The number of benzene rings is 1. The number of likely N-dealkylation sites (tertiary alicyclic amines) is 1. The molecule has 0 spiro atoms. The molecule has 3 rings (SSSR count). The van der Waals surface area contributed by atoms with Crippen molar-refractivity contribution in [1.82, 2.24) is 4.90 Å². The Morgan fingerprint density at radius 1 is 1.16 bits per heavy atom. The fraction of sp³-hybridized carbons (Fsp3) is 0.316. The average molecular weight is 357 g/mol. The number of nitrogens with zero attached hydrogens (tertiary/aromatic N) is 1. The highest BCUT2D eigenvalue weighted by molar-refractivity contribution is 7.14. The van der Waals surface area contributed by atoms with Gasteiger partial charge in [0.05, 0.1) is 10.4 Å². The molecule has 2 aromatic rings. The Kier molecular flexibility index (Phi) is 5.28. The molecule has 0 bridgehead atoms. The molecular formula is C19H19NO4S. The Labute approximate surface area is 150 Å². The van der Waals surface area contributed by atoms with Crippen LogP contribution in [0.3, 0.4) is 0 Å². The third kappa shape index (κ3) is 4.33. The second kappa shape index (κ2) is 7.61. The first-order valence-electron chi connectivity index (χ1n) is 8.16. The maximum Gasteiger partial charge on any atom is 0.338 e. The van der Waals surface area contributed by atoms with E-state index in [0.29, 0.717) is 23.4 Å². The summed E-state index contributed by atoms with van der Waals surface area (Å²) >= 11 is 1.39. The molecule has 2 heterocycles. The van der Waals surface area contributed by atoms with E-state index in [0.717, 1.165) is 23.4 Å². The Balaban J connectivity index is 1.53. The number of hydrogen-bond donors (Lipinski definition) is 0. The average Bonchev–Trinajstić information content (AvgIpc) is 3.22. The van der Waals surface area contributed by atoms with E-state index in [1.807, 2.05) is 30.0 Å². The molecule has 6 heteroatoms. The summed E-state index contributed by atoms with van der Waals surface area (Å²) in [5.74, 6) is -0.549. The number of rotatable bonds is 6. The number of amides is 1. The summed E-state index contributed by atoms with van der Waals surface area (Å²) in [7, 11) is 0. The van der Waals surface area contributed by atoms with Crippen molar-refractivity contribution in [2.45, 2.75) is 26.3 Å². The fourth-order valence-corrected chi connectivity index (χ4v) is 3.50. The van der Waals surface area contributed by atoms with Gasteiger partial charge in [-0.15, -0.1) is 11.3 Å². The van der Waals surface area contributed by atoms with Gasteiger partial charge in [-0.25, -0.2) is 4.79 Å². The predicted molar refractivity (Wildman–Crippen MR) is 94.8 cm³/mol. The summed E-state index contributed by atoms with van der Waals surface area (Å²) in [6.45, 7) is 3.00. The molecule has 0 atom stereocenters. The molecule has 1 aliphatic heterocycles. The molecule has 1 amide bonds. The second-order valence-electron chi connectivity index (χ2n) is 6.03. The number of carbonyl (C=O) groups excluding carboxylic acids is 3. The van der Waals surface area contributed by atoms with Gasteiger partial charge in [0, 0.05) is 24.4 Å². The molecule has 1 aromatic carbocycles. The maximum atomic E-state index is 12.1. The van der Waals surface area contributed by atoms with Gasteiger partial charge in [0.2, 0.25) is 11.7 Å². The smallest absolute Gasteiger partial charge is 0.338 e. The number of thiophene rings is 1. The van der Waals surface area contributed by atoms with Gasteiger partial charge in [-0.1, -0.05) is 12.1 Å². The largest absolute Gasteiger partial charge is 0.454 e. The summed E-state index contributed by atoms with van der Waals surface area (Å²) in [5, 5.41) is 0. The number of ether oxygens (including phenoxy) is 1. The summed E-state index contributed by atoms with van der Waals surface area (Å²) in [6.07, 6.45) is 1.52. The molecule has 0 saturated carbocycles. The van der Waals surface area contributed by atoms with E-state index in [4.69, 9.17) is 4.74 Å². The van der Waals surface area contributed by atoms with E-state index in [2.05, 4.69) is 0 Å². The monoisotopic (exact) mass is 357 g/mol. The van der Waals surface area contributed by atoms with Crippen molar-refractivity contribution < 1.29 is 19.1 Å². The van der Waals surface area contributed by atoms with Crippen molar-refractivity contribution in [3.63, 3.8) is 0 Å². The van der Waals surface area contributed by atoms with Crippen LogP contribution >= 0.6 is 11.3 Å². The first-order valence-corrected chi connectivity index (χ1v) is 8.98. The van der Waals surface area contributed by atoms with Crippen LogP contribution < -0.4 is 0 Å². The van der Waals surface area contributed by atoms with Crippen molar-refractivity contribution in [1.29, 1.82) is 0 Å². The lowest BCUT2D eigenvalue weighted by atomic mass is 10.1. The van der Waals surface area contributed by atoms with Crippen LogP contribution in [0.25, 0.3) is 0 Å². The summed E-state index contributed by atoms with van der Waals surface area (Å²) in [4.78, 5) is 39.1. The van der Waals surface area contributed by atoms with Crippen LogP contribution in [0.1, 0.15) is 43.3 Å². The van der Waals surface area contributed by atoms with E-state index in [1.54, 1.807) is 18.2 Å². The second-order valence-corrected chi connectivity index (χ2v) is 7.31. The van der Waals surface area contributed by atoms with Gasteiger partial charge in [0.1, 0.15) is 0 Å². The first-order chi connectivity index (χ1) is 12.0. The van der Waals surface area contributed by atoms with E-state index in [-0.39, 0.29) is 18.3 Å². The van der Waals surface area contributed by atoms with Crippen molar-refractivity contribution in [2.75, 3.05) is 13.2 Å². The lowest BCUT2D eigenvalue weighted by Crippen LogP contribution is -2.23. The molecule has 0 aliphatic carbocycles. The minimum Gasteiger partial charge on any atom is -0.454 e. The summed E-state index contributed by atoms with van der Waals surface area (Å²) < 4.78 is 5.10. The molecular weight excluding hydrogens is 338 g/mol. The van der Waals surface area contributed by atoms with E-state index < -0.39 is 5.97 Å². The fourth-order valence-electron chi connectivity index (χ4n) is 2.71. The standard InChI is InChI=1S/C19H19NO4S/c1-13-4-9-17(25-13)16(21)12-24-19(23)15-7-5-14(6-8-15)11-20-10-2-3-18(20)22/h4-9H,2-3,10-12H2,1H3. The molecule has 1 aromatic heterocycles. The number of esters is 1. The zero-order valence-electron chi connectivity index (χ0n) is 14.0. The van der Waals surface area contributed by atoms with Crippen LogP contribution in [0.15, 0.2) is 36.4 Å². The minimum absolute atomic E-state index is 0.172. The van der Waals surface area contributed by atoms with E-state index >= 15 is 0 Å². The van der Waals surface area contributed by atoms with Gasteiger partial charge in [-0.05, 0) is 43.2 Å². The number of ketones is 1. The predicted octanol–water partition coefficient (Wildman–Crippen LogP) is 3.22. The normalized spacial score (nSPS) is 14.0. The van der Waals surface area contributed by atoms with Crippen LogP contribution in [0.4, 0.5) is 0 Å². The third-order valence-electron chi connectivity index (χ3n) is 4.08. The van der Waals surface area contributed by atoms with Gasteiger partial charge in [-0.3, -0.25) is 9.59 Å². The van der Waals surface area contributed by atoms with Gasteiger partial charge in [0.15, 0.2) is 6.61 Å². The summed E-state index contributed by atoms with van der Waals surface area (Å²) in [6, 6.07) is 10.6. The quantitative estimate of drug-likeness (QED) is 0.588. The molecule has 0 unspecified atom stereocenters. The van der Waals surface area contributed by atoms with E-state index in [9.17, 15) is 14.4 Å². The highest BCUT2D eigenvalue weighted by atomic mass is 32.1. The van der Waals surface area contributed by atoms with Crippen molar-refractivity contribution in [3.05, 3.63) is 57.3 Å². The van der Waals surface area contributed by atoms with Gasteiger partial charge in [0.25, 0.3) is 0 Å². The third-order valence-corrected chi connectivity index (χ3v) is 5.13. The molecule has 1 fully saturated rings. The molecule has 130 valence electrons. The highest BCUT2D eigenvalue weighted by Crippen LogP contribution is 2.17. The van der Waals surface area contributed by atoms with Crippen LogP contribution in [-0.2, 0) is 16.1 Å². The van der Waals surface area contributed by atoms with Crippen LogP contribution in [0.2, 0.25) is 0 Å². The van der Waals surface area contributed by atoms with Gasteiger partial charge >= 0.3 is 5.97 Å². The molecule has 1 saturated heterocycles. The summed E-state index contributed by atoms with van der Waals surface area (Å²) in [5.41, 5.74) is 1.36. The maximum absolute atomic E-state index is 12.1. The Morgan fingerprint density at radius 2 is 1.92 bits per heavy atom. The van der Waals surface area contributed by atoms with Gasteiger partial charge in [-0.2, -0.15) is 0 Å². The zero-order chi connectivity index (χ0) is 17.8. The Hall–Kier alpha value is -2.47. The molecule has 5 nitrogen and oxygen atoms in total. The topological polar surface area (TPSA) is 63.7 Å². The number of aryl methyl sites for hydroxylation is 1. The Morgan fingerprint density at radius 3 is 2.52 bits per heavy atom. The lowest BCUT2D eigenvalue weighted by molar-refractivity contribution is -0.128. The number of carbonyl (C=O) groups is 3. The van der Waals surface area contributed by atoms with Crippen molar-refractivity contribution >= 4 is 29.0 Å². The molecule has 0 N–H and O–H groups in total. The lowest BCUT2D eigenvalue weighted by Gasteiger charge is -2.15. The SMILES string of the molecule is Cc1ccc(C(=O)COC(=O)c2ccc(CN3CCCC3=O)cc2)s1. The first kappa shape index (κ1) is 17.4. The minimum atomic E-state index is -0.523. The van der Waals surface area contributed by atoms with Crippen LogP contribution in [0, 0.1) is 6.92 Å². The number of Topliss-reactive ketones (excluding diaryl/α,β-unsaturated/α-hetero) is 1. The van der Waals surface area contributed by atoms with Crippen molar-refractivity contribution in [2.24, 2.45) is 0 Å². The van der Waals surface area contributed by atoms with Crippen LogP contribution in [-0.4, -0.2) is 35.7 Å². The van der Waals surface area contributed by atoms with Gasteiger partial charge < -0.3 is 9.64 Å². The molecule has 0 radical (unpaired) electrons. The van der Waals surface area contributed by atoms with Crippen LogP contribution in [0.5, 0.6) is 0 Å². The van der Waals surface area contributed by atoms with Crippen molar-refractivity contribution in [3.8, 4) is 0 Å². The molecule has 25 heavy (non-hydrogen) atoms. The van der Waals surface area contributed by atoms with E-state index in [1.165, 1.54) is 11.3 Å². The molecule has 1 aliphatic rings. The highest BCUT2D eigenvalue weighted by Gasteiger charge is 2.20.